The van der Waals surface area contributed by atoms with E-state index in [2.05, 4.69) is 15.5 Å². The Bertz CT molecular complexity index is 605. The molecule has 0 unspecified atom stereocenters. The Labute approximate surface area is 136 Å². The van der Waals surface area contributed by atoms with E-state index in [1.165, 1.54) is 30.2 Å². The van der Waals surface area contributed by atoms with Crippen molar-refractivity contribution >= 4 is 35.0 Å². The number of carbonyl (C=O) groups is 2. The summed E-state index contributed by atoms with van der Waals surface area (Å²) in [6, 6.07) is 8.77. The second kappa shape index (κ2) is 8.50. The lowest BCUT2D eigenvalue weighted by Gasteiger charge is -2.16. The summed E-state index contributed by atoms with van der Waals surface area (Å²) in [6.07, 6.45) is 0.392. The molecule has 0 saturated carbocycles. The lowest BCUT2D eigenvalue weighted by molar-refractivity contribution is -0.144. The average molecular weight is 337 g/mol. The van der Waals surface area contributed by atoms with E-state index in [-0.39, 0.29) is 11.7 Å². The Morgan fingerprint density at radius 1 is 1.36 bits per heavy atom. The van der Waals surface area contributed by atoms with Gasteiger partial charge in [0.05, 0.1) is 12.9 Å². The van der Waals surface area contributed by atoms with Crippen LogP contribution in [0, 0.1) is 0 Å². The van der Waals surface area contributed by atoms with Crippen molar-refractivity contribution in [2.24, 2.45) is 0 Å². The van der Waals surface area contributed by atoms with E-state index in [1.54, 1.807) is 5.51 Å². The van der Waals surface area contributed by atoms with E-state index >= 15 is 0 Å². The minimum Gasteiger partial charge on any atom is -0.467 e. The first-order valence-corrected chi connectivity index (χ1v) is 8.35. The number of nitrogens with one attached hydrogen (secondary N) is 1. The normalized spacial score (nSPS) is 11.7. The number of rotatable bonds is 7. The van der Waals surface area contributed by atoms with Gasteiger partial charge < -0.3 is 10.1 Å². The molecular weight excluding hydrogens is 322 g/mol. The minimum atomic E-state index is -0.699. The molecule has 0 aliphatic carbocycles. The maximum Gasteiger partial charge on any atom is 0.328 e. The largest absolute Gasteiger partial charge is 0.467 e. The van der Waals surface area contributed by atoms with E-state index in [1.807, 2.05) is 30.3 Å². The molecule has 1 aromatic carbocycles. The molecule has 2 rings (SSSR count). The fraction of sp³-hybridized carbons (Fsp3) is 0.286. The van der Waals surface area contributed by atoms with E-state index in [4.69, 9.17) is 4.74 Å². The number of thioether (sulfide) groups is 1. The lowest BCUT2D eigenvalue weighted by Crippen LogP contribution is -2.43. The van der Waals surface area contributed by atoms with E-state index < -0.39 is 12.0 Å². The zero-order valence-electron chi connectivity index (χ0n) is 11.9. The van der Waals surface area contributed by atoms with Crippen molar-refractivity contribution in [3.63, 3.8) is 0 Å². The second-order valence-corrected chi connectivity index (χ2v) is 6.38. The summed E-state index contributed by atoms with van der Waals surface area (Å²) in [4.78, 5) is 23.8. The van der Waals surface area contributed by atoms with Gasteiger partial charge in [-0.25, -0.2) is 4.79 Å². The van der Waals surface area contributed by atoms with Crippen LogP contribution in [0.25, 0.3) is 0 Å². The predicted molar refractivity (Wildman–Crippen MR) is 84.7 cm³/mol. The van der Waals surface area contributed by atoms with Crippen LogP contribution < -0.4 is 5.32 Å². The molecule has 22 heavy (non-hydrogen) atoms. The molecule has 1 amide bonds. The van der Waals surface area contributed by atoms with Gasteiger partial charge in [-0.05, 0) is 5.56 Å². The van der Waals surface area contributed by atoms with Gasteiger partial charge in [0.25, 0.3) is 0 Å². The van der Waals surface area contributed by atoms with Crippen LogP contribution in [0.4, 0.5) is 0 Å². The molecule has 0 fully saturated rings. The average Bonchev–Trinajstić information content (AvgIpc) is 3.06. The van der Waals surface area contributed by atoms with E-state index in [0.29, 0.717) is 10.8 Å². The fourth-order valence-electron chi connectivity index (χ4n) is 1.77. The second-order valence-electron chi connectivity index (χ2n) is 4.33. The molecule has 1 heterocycles. The van der Waals surface area contributed by atoms with Crippen LogP contribution in [0.3, 0.4) is 0 Å². The van der Waals surface area contributed by atoms with Gasteiger partial charge in [0.15, 0.2) is 4.34 Å². The molecule has 6 nitrogen and oxygen atoms in total. The lowest BCUT2D eigenvalue weighted by atomic mass is 10.1. The number of methoxy groups -OCH3 is 1. The van der Waals surface area contributed by atoms with Crippen LogP contribution in [0.2, 0.25) is 0 Å². The summed E-state index contributed by atoms with van der Waals surface area (Å²) in [5, 5.41) is 10.2. The monoisotopic (exact) mass is 337 g/mol. The number of ether oxygens (including phenoxy) is 1. The first-order chi connectivity index (χ1) is 10.7. The van der Waals surface area contributed by atoms with Gasteiger partial charge in [-0.15, -0.1) is 10.2 Å². The fourth-order valence-corrected chi connectivity index (χ4v) is 3.07. The molecular formula is C14H15N3O3S2. The maximum absolute atomic E-state index is 12.0. The van der Waals surface area contributed by atoms with Crippen LogP contribution in [0.1, 0.15) is 5.56 Å². The van der Waals surface area contributed by atoms with Crippen LogP contribution >= 0.6 is 23.1 Å². The number of aromatic nitrogens is 2. The van der Waals surface area contributed by atoms with Crippen LogP contribution in [-0.4, -0.2) is 41.0 Å². The van der Waals surface area contributed by atoms with Crippen molar-refractivity contribution < 1.29 is 14.3 Å². The van der Waals surface area contributed by atoms with Crippen LogP contribution in [0.5, 0.6) is 0 Å². The van der Waals surface area contributed by atoms with Crippen LogP contribution in [0.15, 0.2) is 40.2 Å². The summed E-state index contributed by atoms with van der Waals surface area (Å²) in [5.74, 6) is -0.526. The topological polar surface area (TPSA) is 81.2 Å². The Balaban J connectivity index is 1.91. The molecule has 0 aliphatic rings. The highest BCUT2D eigenvalue weighted by Crippen LogP contribution is 2.18. The predicted octanol–water partition coefficient (Wildman–Crippen LogP) is 1.53. The molecule has 2 aromatic rings. The SMILES string of the molecule is COC(=O)[C@@H](Cc1ccccc1)NC(=O)CSc1nncs1. The highest BCUT2D eigenvalue weighted by Gasteiger charge is 2.22. The third-order valence-corrected chi connectivity index (χ3v) is 4.63. The standard InChI is InChI=1S/C14H15N3O3S2/c1-20-13(19)11(7-10-5-3-2-4-6-10)16-12(18)8-21-14-17-15-9-22-14/h2-6,9,11H,7-8H2,1H3,(H,16,18)/t11-/m1/s1. The summed E-state index contributed by atoms with van der Waals surface area (Å²) in [5.41, 5.74) is 2.56. The van der Waals surface area contributed by atoms with Gasteiger partial charge in [0.1, 0.15) is 11.6 Å². The first kappa shape index (κ1) is 16.4. The number of esters is 1. The number of hydrogen-bond donors (Lipinski definition) is 1. The van der Waals surface area contributed by atoms with Gasteiger partial charge in [-0.3, -0.25) is 4.79 Å². The van der Waals surface area contributed by atoms with Crippen LogP contribution in [-0.2, 0) is 20.7 Å². The third kappa shape index (κ3) is 5.12. The number of hydrogen-bond acceptors (Lipinski definition) is 7. The molecule has 1 aromatic heterocycles. The summed E-state index contributed by atoms with van der Waals surface area (Å²) in [7, 11) is 1.31. The van der Waals surface area contributed by atoms with Crippen molar-refractivity contribution in [2.75, 3.05) is 12.9 Å². The Morgan fingerprint density at radius 2 is 2.14 bits per heavy atom. The molecule has 0 spiro atoms. The van der Waals surface area contributed by atoms with E-state index in [9.17, 15) is 9.59 Å². The van der Waals surface area contributed by atoms with Gasteiger partial charge in [0, 0.05) is 6.42 Å². The quantitative estimate of drug-likeness (QED) is 0.609. The third-order valence-electron chi connectivity index (χ3n) is 2.77. The zero-order valence-corrected chi connectivity index (χ0v) is 13.5. The highest BCUT2D eigenvalue weighted by atomic mass is 32.2. The summed E-state index contributed by atoms with van der Waals surface area (Å²) < 4.78 is 5.47. The number of benzene rings is 1. The molecule has 1 atom stereocenters. The molecule has 0 bridgehead atoms. The van der Waals surface area contributed by atoms with Crippen molar-refractivity contribution in [3.05, 3.63) is 41.4 Å². The summed E-state index contributed by atoms with van der Waals surface area (Å²) in [6.45, 7) is 0. The van der Waals surface area contributed by atoms with Gasteiger partial charge in [0.2, 0.25) is 5.91 Å². The minimum absolute atomic E-state index is 0.178. The van der Waals surface area contributed by atoms with Crippen molar-refractivity contribution in [3.8, 4) is 0 Å². The van der Waals surface area contributed by atoms with Crippen molar-refractivity contribution in [1.82, 2.24) is 15.5 Å². The van der Waals surface area contributed by atoms with Crippen molar-refractivity contribution in [2.45, 2.75) is 16.8 Å². The Kier molecular flexibility index (Phi) is 6.35. The number of carbonyl (C=O) groups excluding carboxylic acids is 2. The number of amides is 1. The molecule has 0 saturated heterocycles. The van der Waals surface area contributed by atoms with Gasteiger partial charge in [-0.2, -0.15) is 0 Å². The molecule has 0 radical (unpaired) electrons. The molecule has 8 heteroatoms. The van der Waals surface area contributed by atoms with Gasteiger partial charge in [-0.1, -0.05) is 53.4 Å². The van der Waals surface area contributed by atoms with Crippen molar-refractivity contribution in [1.29, 1.82) is 0 Å². The summed E-state index contributed by atoms with van der Waals surface area (Å²) >= 11 is 2.65. The molecule has 0 aliphatic heterocycles. The Morgan fingerprint density at radius 3 is 2.77 bits per heavy atom. The zero-order chi connectivity index (χ0) is 15.8. The smallest absolute Gasteiger partial charge is 0.328 e. The maximum atomic E-state index is 12.0. The first-order valence-electron chi connectivity index (χ1n) is 6.49. The van der Waals surface area contributed by atoms with Gasteiger partial charge >= 0.3 is 5.97 Å². The number of nitrogens with zero attached hydrogens (tertiary/aromatic N) is 2. The molecule has 1 N–H and O–H groups in total. The highest BCUT2D eigenvalue weighted by molar-refractivity contribution is 8.01. The molecule has 116 valence electrons. The Hall–Kier alpha value is -1.93. The van der Waals surface area contributed by atoms with E-state index in [0.717, 1.165) is 5.56 Å².